The maximum atomic E-state index is 13.6. The van der Waals surface area contributed by atoms with Gasteiger partial charge in [-0.2, -0.15) is 0 Å². The Kier molecular flexibility index (Phi) is 6.18. The number of fused-ring (bicyclic) bond motifs is 2. The predicted octanol–water partition coefficient (Wildman–Crippen LogP) is 3.23. The molecule has 0 aliphatic heterocycles. The second-order valence-electron chi connectivity index (χ2n) is 8.57. The summed E-state index contributed by atoms with van der Waals surface area (Å²) in [5.74, 6) is -4.24. The summed E-state index contributed by atoms with van der Waals surface area (Å²) in [5.41, 5.74) is -0.204. The van der Waals surface area contributed by atoms with Gasteiger partial charge in [-0.1, -0.05) is 12.2 Å². The van der Waals surface area contributed by atoms with Crippen molar-refractivity contribution in [2.75, 3.05) is 12.0 Å². The molecule has 3 rings (SSSR count). The van der Waals surface area contributed by atoms with E-state index in [1.54, 1.807) is 0 Å². The maximum absolute atomic E-state index is 13.6. The molecule has 0 saturated heterocycles. The molecule has 2 aliphatic carbocycles. The average molecular weight is 464 g/mol. The van der Waals surface area contributed by atoms with Gasteiger partial charge >= 0.3 is 5.97 Å². The van der Waals surface area contributed by atoms with Gasteiger partial charge in [-0.25, -0.2) is 9.69 Å². The molecule has 0 aromatic carbocycles. The van der Waals surface area contributed by atoms with E-state index in [4.69, 9.17) is 9.16 Å². The standard InChI is InChI=1S/C21H25NO7SSi/c1-10(23)22(11(2)24)16-15-17(25)12-8-7-9-13(29-31(4,5)6)14(12)18(26)19(15)30-20(16)21(27)28-3/h7,9,12-14H,8H2,1-6H3. The lowest BCUT2D eigenvalue weighted by Crippen LogP contribution is -2.48. The molecule has 3 unspecified atom stereocenters. The van der Waals surface area contributed by atoms with Crippen molar-refractivity contribution in [3.05, 3.63) is 27.5 Å². The molecule has 2 amide bonds. The van der Waals surface area contributed by atoms with E-state index in [1.165, 1.54) is 0 Å². The quantitative estimate of drug-likeness (QED) is 0.383. The molecule has 1 aromatic rings. The Bertz CT molecular complexity index is 1010. The summed E-state index contributed by atoms with van der Waals surface area (Å²) in [4.78, 5) is 64.8. The summed E-state index contributed by atoms with van der Waals surface area (Å²) in [5, 5.41) is 0. The van der Waals surface area contributed by atoms with Crippen LogP contribution in [0.4, 0.5) is 5.69 Å². The van der Waals surface area contributed by atoms with Crippen LogP contribution in [0.3, 0.4) is 0 Å². The highest BCUT2D eigenvalue weighted by atomic mass is 32.1. The smallest absolute Gasteiger partial charge is 0.350 e. The Balaban J connectivity index is 2.23. The number of carbonyl (C=O) groups is 5. The van der Waals surface area contributed by atoms with Crippen LogP contribution in [0.5, 0.6) is 0 Å². The molecule has 3 atom stereocenters. The first-order valence-electron chi connectivity index (χ1n) is 9.88. The molecule has 2 aliphatic rings. The molecule has 0 saturated carbocycles. The first-order chi connectivity index (χ1) is 14.4. The third-order valence-electron chi connectivity index (χ3n) is 5.21. The van der Waals surface area contributed by atoms with Gasteiger partial charge in [0.15, 0.2) is 19.9 Å². The summed E-state index contributed by atoms with van der Waals surface area (Å²) in [6.45, 7) is 8.32. The zero-order valence-electron chi connectivity index (χ0n) is 18.3. The molecule has 0 spiro atoms. The van der Waals surface area contributed by atoms with Gasteiger partial charge in [-0.15, -0.1) is 11.3 Å². The van der Waals surface area contributed by atoms with E-state index < -0.39 is 44.0 Å². The number of hydrogen-bond donors (Lipinski definition) is 0. The number of thiophene rings is 1. The SMILES string of the molecule is COC(=O)c1sc2c(c1N(C(C)=O)C(C)=O)C(=O)C1CC=CC(O[Si](C)(C)C)C1C2=O. The van der Waals surface area contributed by atoms with Crippen molar-refractivity contribution in [3.63, 3.8) is 0 Å². The lowest BCUT2D eigenvalue weighted by molar-refractivity contribution is -0.124. The number of esters is 1. The topological polar surface area (TPSA) is 107 Å². The molecule has 0 fully saturated rings. The van der Waals surface area contributed by atoms with Crippen molar-refractivity contribution in [3.8, 4) is 0 Å². The summed E-state index contributed by atoms with van der Waals surface area (Å²) in [7, 11) is -0.870. The normalized spacial score (nSPS) is 22.6. The Labute approximate surface area is 185 Å². The van der Waals surface area contributed by atoms with Crippen molar-refractivity contribution in [2.24, 2.45) is 11.8 Å². The zero-order chi connectivity index (χ0) is 23.2. The molecule has 8 nitrogen and oxygen atoms in total. The van der Waals surface area contributed by atoms with Gasteiger partial charge in [0.05, 0.1) is 35.3 Å². The Morgan fingerprint density at radius 3 is 2.23 bits per heavy atom. The second-order valence-corrected chi connectivity index (χ2v) is 14.0. The molecular weight excluding hydrogens is 438 g/mol. The predicted molar refractivity (Wildman–Crippen MR) is 117 cm³/mol. The third kappa shape index (κ3) is 4.07. The van der Waals surface area contributed by atoms with Gasteiger partial charge < -0.3 is 9.16 Å². The van der Waals surface area contributed by atoms with Crippen LogP contribution in [0.1, 0.15) is 50.0 Å². The van der Waals surface area contributed by atoms with E-state index in [9.17, 15) is 24.0 Å². The van der Waals surface area contributed by atoms with Crippen LogP contribution in [-0.4, -0.2) is 50.9 Å². The number of carbonyl (C=O) groups excluding carboxylic acids is 5. The number of anilines is 1. The summed E-state index contributed by atoms with van der Waals surface area (Å²) >= 11 is 0.786. The number of allylic oxidation sites excluding steroid dienone is 1. The number of imide groups is 1. The number of ketones is 2. The number of amides is 2. The van der Waals surface area contributed by atoms with Gasteiger partial charge in [-0.3, -0.25) is 19.2 Å². The lowest BCUT2D eigenvalue weighted by Gasteiger charge is -2.38. The van der Waals surface area contributed by atoms with E-state index in [0.29, 0.717) is 6.42 Å². The molecule has 0 bridgehead atoms. The highest BCUT2D eigenvalue weighted by Gasteiger charge is 2.51. The molecule has 1 aromatic heterocycles. The van der Waals surface area contributed by atoms with Crippen LogP contribution in [0.15, 0.2) is 12.2 Å². The Morgan fingerprint density at radius 1 is 1.10 bits per heavy atom. The summed E-state index contributed by atoms with van der Waals surface area (Å²) < 4.78 is 11.0. The molecule has 0 radical (unpaired) electrons. The fraction of sp³-hybridized carbons (Fsp3) is 0.476. The Morgan fingerprint density at radius 2 is 1.71 bits per heavy atom. The average Bonchev–Trinajstić information content (AvgIpc) is 3.04. The van der Waals surface area contributed by atoms with Gasteiger partial charge in [-0.05, 0) is 26.1 Å². The number of hydrogen-bond acceptors (Lipinski definition) is 8. The number of rotatable bonds is 4. The van der Waals surface area contributed by atoms with E-state index in [1.807, 2.05) is 31.8 Å². The van der Waals surface area contributed by atoms with Gasteiger partial charge in [0.1, 0.15) is 4.88 Å². The zero-order valence-corrected chi connectivity index (χ0v) is 20.1. The number of Topliss-reactive ketones (excluding diaryl/α,β-unsaturated/α-hetero) is 2. The van der Waals surface area contributed by atoms with E-state index in [-0.39, 0.29) is 32.6 Å². The van der Waals surface area contributed by atoms with Crippen molar-refractivity contribution in [1.82, 2.24) is 0 Å². The number of nitrogens with zero attached hydrogens (tertiary/aromatic N) is 1. The fourth-order valence-electron chi connectivity index (χ4n) is 4.12. The van der Waals surface area contributed by atoms with Crippen molar-refractivity contribution in [1.29, 1.82) is 0 Å². The minimum absolute atomic E-state index is 0.0518. The van der Waals surface area contributed by atoms with Crippen LogP contribution < -0.4 is 4.90 Å². The molecule has 10 heteroatoms. The van der Waals surface area contributed by atoms with Gasteiger partial charge in [0, 0.05) is 19.8 Å². The number of ether oxygens (including phenoxy) is 1. The van der Waals surface area contributed by atoms with E-state index in [0.717, 1.165) is 37.2 Å². The van der Waals surface area contributed by atoms with Gasteiger partial charge in [0.2, 0.25) is 11.8 Å². The maximum Gasteiger partial charge on any atom is 0.350 e. The van der Waals surface area contributed by atoms with Crippen LogP contribution in [0, 0.1) is 11.8 Å². The minimum Gasteiger partial charge on any atom is -0.465 e. The molecule has 31 heavy (non-hydrogen) atoms. The Hall–Kier alpha value is -2.43. The molecule has 1 heterocycles. The van der Waals surface area contributed by atoms with Crippen LogP contribution in [0.2, 0.25) is 19.6 Å². The summed E-state index contributed by atoms with van der Waals surface area (Å²) in [6.07, 6.45) is 3.44. The van der Waals surface area contributed by atoms with Crippen LogP contribution in [-0.2, 0) is 18.8 Å². The highest BCUT2D eigenvalue weighted by Crippen LogP contribution is 2.47. The van der Waals surface area contributed by atoms with Crippen molar-refractivity contribution < 1.29 is 33.1 Å². The summed E-state index contributed by atoms with van der Waals surface area (Å²) in [6, 6.07) is 0. The molecule has 166 valence electrons. The largest absolute Gasteiger partial charge is 0.465 e. The number of methoxy groups -OCH3 is 1. The van der Waals surface area contributed by atoms with Crippen molar-refractivity contribution >= 4 is 54.7 Å². The lowest BCUT2D eigenvalue weighted by atomic mass is 9.70. The highest BCUT2D eigenvalue weighted by molar-refractivity contribution is 7.17. The minimum atomic E-state index is -2.02. The third-order valence-corrected chi connectivity index (χ3v) is 7.36. The van der Waals surface area contributed by atoms with Crippen LogP contribution >= 0.6 is 11.3 Å². The molecular formula is C21H25NO7SSi. The van der Waals surface area contributed by atoms with E-state index >= 15 is 0 Å². The first-order valence-corrected chi connectivity index (χ1v) is 14.1. The van der Waals surface area contributed by atoms with Crippen molar-refractivity contribution in [2.45, 2.75) is 46.0 Å². The monoisotopic (exact) mass is 463 g/mol. The van der Waals surface area contributed by atoms with Gasteiger partial charge in [0.25, 0.3) is 0 Å². The first kappa shape index (κ1) is 23.2. The fourth-order valence-corrected chi connectivity index (χ4v) is 6.36. The second kappa shape index (κ2) is 8.25. The molecule has 0 N–H and O–H groups in total. The van der Waals surface area contributed by atoms with Crippen LogP contribution in [0.25, 0.3) is 0 Å². The van der Waals surface area contributed by atoms with E-state index in [2.05, 4.69) is 0 Å².